The lowest BCUT2D eigenvalue weighted by molar-refractivity contribution is -0.122. The molecular weight excluding hydrogens is 228 g/mol. The molecule has 0 aliphatic heterocycles. The van der Waals surface area contributed by atoms with Crippen LogP contribution in [0.5, 0.6) is 0 Å². The summed E-state index contributed by atoms with van der Waals surface area (Å²) >= 11 is 0. The van der Waals surface area contributed by atoms with Crippen LogP contribution in [-0.2, 0) is 11.3 Å². The summed E-state index contributed by atoms with van der Waals surface area (Å²) in [7, 11) is 0. The Morgan fingerprint density at radius 2 is 2.17 bits per heavy atom. The van der Waals surface area contributed by atoms with E-state index in [1.54, 1.807) is 6.92 Å². The van der Waals surface area contributed by atoms with Crippen molar-refractivity contribution in [1.82, 2.24) is 9.55 Å². The number of hydrogen-bond acceptors (Lipinski definition) is 3. The molecule has 1 aromatic heterocycles. The highest BCUT2D eigenvalue weighted by atomic mass is 16.1. The number of nitrogens with two attached hydrogens (primary N) is 2. The van der Waals surface area contributed by atoms with Crippen LogP contribution in [0.2, 0.25) is 0 Å². The maximum atomic E-state index is 11.1. The van der Waals surface area contributed by atoms with Gasteiger partial charge < -0.3 is 16.0 Å². The third-order valence-corrected chi connectivity index (χ3v) is 3.19. The van der Waals surface area contributed by atoms with Gasteiger partial charge in [-0.15, -0.1) is 0 Å². The summed E-state index contributed by atoms with van der Waals surface area (Å²) < 4.78 is 2.06. The Bertz CT molecular complexity index is 559. The number of para-hydroxylation sites is 2. The van der Waals surface area contributed by atoms with E-state index < -0.39 is 11.4 Å². The second-order valence-electron chi connectivity index (χ2n) is 4.81. The van der Waals surface area contributed by atoms with Gasteiger partial charge in [0.25, 0.3) is 0 Å². The van der Waals surface area contributed by atoms with Crippen molar-refractivity contribution in [1.29, 1.82) is 0 Å². The lowest BCUT2D eigenvalue weighted by atomic mass is 9.96. The lowest BCUT2D eigenvalue weighted by Crippen LogP contribution is -2.49. The van der Waals surface area contributed by atoms with Gasteiger partial charge in [-0.2, -0.15) is 0 Å². The number of fused-ring (bicyclic) bond motifs is 1. The molecule has 96 valence electrons. The molecule has 0 aliphatic carbocycles. The van der Waals surface area contributed by atoms with Gasteiger partial charge in [-0.25, -0.2) is 4.98 Å². The number of nitrogens with zero attached hydrogens (tertiary/aromatic N) is 2. The van der Waals surface area contributed by atoms with Crippen LogP contribution in [0.25, 0.3) is 11.0 Å². The highest BCUT2D eigenvalue weighted by Gasteiger charge is 2.24. The molecule has 0 spiro atoms. The van der Waals surface area contributed by atoms with Crippen LogP contribution in [0, 0.1) is 0 Å². The number of aromatic nitrogens is 2. The van der Waals surface area contributed by atoms with E-state index >= 15 is 0 Å². The summed E-state index contributed by atoms with van der Waals surface area (Å²) in [6.07, 6.45) is 3.16. The molecule has 5 heteroatoms. The van der Waals surface area contributed by atoms with Gasteiger partial charge in [0, 0.05) is 6.54 Å². The highest BCUT2D eigenvalue weighted by Crippen LogP contribution is 2.14. The molecule has 0 aliphatic rings. The molecule has 0 radical (unpaired) electrons. The Morgan fingerprint density at radius 3 is 2.89 bits per heavy atom. The minimum Gasteiger partial charge on any atom is -0.368 e. The first-order valence-electron chi connectivity index (χ1n) is 5.99. The maximum Gasteiger partial charge on any atom is 0.237 e. The van der Waals surface area contributed by atoms with Crippen molar-refractivity contribution in [2.75, 3.05) is 0 Å². The zero-order valence-corrected chi connectivity index (χ0v) is 10.5. The van der Waals surface area contributed by atoms with Gasteiger partial charge in [0.1, 0.15) is 0 Å². The van der Waals surface area contributed by atoms with Crippen molar-refractivity contribution < 1.29 is 4.79 Å². The van der Waals surface area contributed by atoms with Crippen LogP contribution < -0.4 is 11.5 Å². The van der Waals surface area contributed by atoms with E-state index in [0.717, 1.165) is 24.0 Å². The molecule has 2 rings (SSSR count). The quantitative estimate of drug-likeness (QED) is 0.825. The van der Waals surface area contributed by atoms with Crippen molar-refractivity contribution >= 4 is 16.9 Å². The van der Waals surface area contributed by atoms with E-state index in [-0.39, 0.29) is 0 Å². The lowest BCUT2D eigenvalue weighted by Gasteiger charge is -2.20. The third-order valence-electron chi connectivity index (χ3n) is 3.19. The standard InChI is InChI=1S/C13H18N4O/c1-13(15,12(14)18)7-4-8-17-9-16-10-5-2-3-6-11(10)17/h2-3,5-6,9H,4,7-8,15H2,1H3,(H2,14,18). The predicted octanol–water partition coefficient (Wildman–Crippen LogP) is 1.02. The predicted molar refractivity (Wildman–Crippen MR) is 70.8 cm³/mol. The molecule has 0 fully saturated rings. The molecule has 1 heterocycles. The summed E-state index contributed by atoms with van der Waals surface area (Å²) in [5, 5.41) is 0. The zero-order chi connectivity index (χ0) is 13.2. The monoisotopic (exact) mass is 246 g/mol. The number of hydrogen-bond donors (Lipinski definition) is 2. The molecule has 1 atom stereocenters. The fourth-order valence-corrected chi connectivity index (χ4v) is 1.93. The normalized spacial score (nSPS) is 14.6. The molecule has 1 aromatic carbocycles. The average molecular weight is 246 g/mol. The molecular formula is C13H18N4O. The van der Waals surface area contributed by atoms with E-state index in [2.05, 4.69) is 9.55 Å². The maximum absolute atomic E-state index is 11.1. The SMILES string of the molecule is CC(N)(CCCn1cnc2ccccc21)C(N)=O. The Morgan fingerprint density at radius 1 is 1.44 bits per heavy atom. The minimum absolute atomic E-state index is 0.460. The van der Waals surface area contributed by atoms with Crippen LogP contribution in [0.3, 0.4) is 0 Å². The third kappa shape index (κ3) is 2.51. The summed E-state index contributed by atoms with van der Waals surface area (Å²) in [4.78, 5) is 15.4. The molecule has 0 saturated carbocycles. The van der Waals surface area contributed by atoms with Crippen LogP contribution in [0.1, 0.15) is 19.8 Å². The summed E-state index contributed by atoms with van der Waals surface area (Å²) in [6.45, 7) is 2.45. The second-order valence-corrected chi connectivity index (χ2v) is 4.81. The molecule has 0 saturated heterocycles. The number of aryl methyl sites for hydroxylation is 1. The number of amides is 1. The Kier molecular flexibility index (Phi) is 3.34. The minimum atomic E-state index is -0.934. The van der Waals surface area contributed by atoms with E-state index in [1.165, 1.54) is 0 Å². The molecule has 1 amide bonds. The largest absolute Gasteiger partial charge is 0.368 e. The van der Waals surface area contributed by atoms with Crippen LogP contribution in [0.15, 0.2) is 30.6 Å². The van der Waals surface area contributed by atoms with Crippen LogP contribution in [0.4, 0.5) is 0 Å². The van der Waals surface area contributed by atoms with Gasteiger partial charge in [-0.3, -0.25) is 4.79 Å². The first-order valence-corrected chi connectivity index (χ1v) is 5.99. The molecule has 18 heavy (non-hydrogen) atoms. The first kappa shape index (κ1) is 12.6. The smallest absolute Gasteiger partial charge is 0.237 e. The summed E-state index contributed by atoms with van der Waals surface area (Å²) in [6, 6.07) is 7.95. The van der Waals surface area contributed by atoms with Gasteiger partial charge in [0.05, 0.1) is 22.9 Å². The van der Waals surface area contributed by atoms with E-state index in [1.807, 2.05) is 30.6 Å². The van der Waals surface area contributed by atoms with E-state index in [9.17, 15) is 4.79 Å². The van der Waals surface area contributed by atoms with Crippen LogP contribution >= 0.6 is 0 Å². The first-order chi connectivity index (χ1) is 8.50. The molecule has 2 aromatic rings. The number of imidazole rings is 1. The number of carbonyl (C=O) groups excluding carboxylic acids is 1. The number of rotatable bonds is 5. The van der Waals surface area contributed by atoms with Gasteiger partial charge in [-0.1, -0.05) is 12.1 Å². The fraction of sp³-hybridized carbons (Fsp3) is 0.385. The number of benzene rings is 1. The topological polar surface area (TPSA) is 86.9 Å². The summed E-state index contributed by atoms with van der Waals surface area (Å²) in [5.41, 5.74) is 12.2. The van der Waals surface area contributed by atoms with Crippen molar-refractivity contribution in [2.24, 2.45) is 11.5 Å². The second kappa shape index (κ2) is 4.78. The van der Waals surface area contributed by atoms with Gasteiger partial charge in [0.2, 0.25) is 5.91 Å². The molecule has 1 unspecified atom stereocenters. The van der Waals surface area contributed by atoms with Gasteiger partial charge in [-0.05, 0) is 31.9 Å². The molecule has 4 N–H and O–H groups in total. The Labute approximate surface area is 106 Å². The van der Waals surface area contributed by atoms with Gasteiger partial charge in [0.15, 0.2) is 0 Å². The molecule has 0 bridgehead atoms. The van der Waals surface area contributed by atoms with E-state index in [4.69, 9.17) is 11.5 Å². The van der Waals surface area contributed by atoms with Crippen LogP contribution in [-0.4, -0.2) is 21.0 Å². The Balaban J connectivity index is 2.01. The van der Waals surface area contributed by atoms with Crippen molar-refractivity contribution in [3.63, 3.8) is 0 Å². The van der Waals surface area contributed by atoms with Crippen molar-refractivity contribution in [3.05, 3.63) is 30.6 Å². The Hall–Kier alpha value is -1.88. The van der Waals surface area contributed by atoms with E-state index in [0.29, 0.717) is 6.42 Å². The highest BCUT2D eigenvalue weighted by molar-refractivity contribution is 5.83. The fourth-order valence-electron chi connectivity index (χ4n) is 1.93. The average Bonchev–Trinajstić information content (AvgIpc) is 2.72. The number of carbonyl (C=O) groups is 1. The zero-order valence-electron chi connectivity index (χ0n) is 10.5. The number of primary amides is 1. The van der Waals surface area contributed by atoms with Crippen molar-refractivity contribution in [2.45, 2.75) is 31.8 Å². The van der Waals surface area contributed by atoms with Crippen molar-refractivity contribution in [3.8, 4) is 0 Å². The summed E-state index contributed by atoms with van der Waals surface area (Å²) in [5.74, 6) is -0.460. The molecule has 5 nitrogen and oxygen atoms in total. The van der Waals surface area contributed by atoms with Gasteiger partial charge >= 0.3 is 0 Å².